The number of piperidine rings is 1. The van der Waals surface area contributed by atoms with E-state index in [2.05, 4.69) is 32.9 Å². The normalized spacial score (nSPS) is 21.5. The summed E-state index contributed by atoms with van der Waals surface area (Å²) in [4.78, 5) is 14.0. The summed E-state index contributed by atoms with van der Waals surface area (Å²) in [5.74, 6) is -0.0953. The van der Waals surface area contributed by atoms with Gasteiger partial charge in [0.1, 0.15) is 0 Å². The van der Waals surface area contributed by atoms with E-state index in [9.17, 15) is 10.0 Å². The van der Waals surface area contributed by atoms with Gasteiger partial charge >= 0.3 is 0 Å². The molecule has 1 amide bonds. The van der Waals surface area contributed by atoms with Crippen LogP contribution in [-0.2, 0) is 0 Å². The van der Waals surface area contributed by atoms with E-state index in [4.69, 9.17) is 0 Å². The predicted molar refractivity (Wildman–Crippen MR) is 88.2 cm³/mol. The number of rotatable bonds is 3. The molecule has 2 atom stereocenters. The van der Waals surface area contributed by atoms with Crippen molar-refractivity contribution in [3.05, 3.63) is 42.2 Å². The van der Waals surface area contributed by atoms with Crippen molar-refractivity contribution in [1.29, 1.82) is 0 Å². The summed E-state index contributed by atoms with van der Waals surface area (Å²) in [6.45, 7) is 2.78. The predicted octanol–water partition coefficient (Wildman–Crippen LogP) is 1.17. The van der Waals surface area contributed by atoms with Crippen molar-refractivity contribution in [1.82, 2.24) is 25.6 Å². The topological polar surface area (TPSA) is 104 Å². The van der Waals surface area contributed by atoms with Gasteiger partial charge in [-0.3, -0.25) is 4.79 Å². The zero-order valence-corrected chi connectivity index (χ0v) is 13.4. The first-order valence-corrected chi connectivity index (χ1v) is 7.91. The van der Waals surface area contributed by atoms with E-state index in [1.165, 1.54) is 4.80 Å². The first-order chi connectivity index (χ1) is 11.7. The second-order valence-electron chi connectivity index (χ2n) is 5.86. The van der Waals surface area contributed by atoms with Crippen molar-refractivity contribution in [3.63, 3.8) is 0 Å². The molecule has 3 rings (SSSR count). The Morgan fingerprint density at radius 2 is 2.08 bits per heavy atom. The lowest BCUT2D eigenvalue weighted by Crippen LogP contribution is -2.45. The Morgan fingerprint density at radius 1 is 1.33 bits per heavy atom. The number of aromatic nitrogens is 3. The molecule has 1 aromatic heterocycles. The molecule has 0 unspecified atom stereocenters. The summed E-state index contributed by atoms with van der Waals surface area (Å²) in [6.07, 6.45) is 4.91. The maximum Gasteiger partial charge on any atom is 0.258 e. The fourth-order valence-electron chi connectivity index (χ4n) is 2.80. The Bertz CT molecular complexity index is 720. The minimum atomic E-state index is -0.352. The molecule has 0 bridgehead atoms. The van der Waals surface area contributed by atoms with Crippen LogP contribution in [0.1, 0.15) is 30.1 Å². The lowest BCUT2D eigenvalue weighted by Gasteiger charge is -2.28. The molecular formula is C16H20N6O2. The van der Waals surface area contributed by atoms with E-state index in [1.807, 2.05) is 6.07 Å². The SMILES string of the molecule is C[C@@H]1CC[C@@H](C(=NO)NC(=O)c2ccccc2-n2nccn2)CN1. The molecule has 1 aromatic carbocycles. The van der Waals surface area contributed by atoms with Crippen LogP contribution < -0.4 is 10.6 Å². The molecule has 8 nitrogen and oxygen atoms in total. The molecule has 3 N–H and O–H groups in total. The zero-order chi connectivity index (χ0) is 16.9. The van der Waals surface area contributed by atoms with E-state index in [-0.39, 0.29) is 17.7 Å². The minimum absolute atomic E-state index is 0.0230. The van der Waals surface area contributed by atoms with Crippen molar-refractivity contribution in [2.75, 3.05) is 6.54 Å². The summed E-state index contributed by atoms with van der Waals surface area (Å²) >= 11 is 0. The number of benzene rings is 1. The van der Waals surface area contributed by atoms with Crippen LogP contribution in [0.4, 0.5) is 0 Å². The minimum Gasteiger partial charge on any atom is -0.409 e. The number of carbonyl (C=O) groups is 1. The standard InChI is InChI=1S/C16H20N6O2/c1-11-6-7-12(10-17-11)15(21-24)20-16(23)13-4-2-3-5-14(13)22-18-8-9-19-22/h2-5,8-9,11-12,17,24H,6-7,10H2,1H3,(H,20,21,23)/t11-,12-/m1/s1. The molecule has 0 spiro atoms. The van der Waals surface area contributed by atoms with E-state index in [0.717, 1.165) is 12.8 Å². The van der Waals surface area contributed by atoms with Gasteiger partial charge in [0.25, 0.3) is 5.91 Å². The quantitative estimate of drug-likeness (QED) is 0.340. The maximum atomic E-state index is 12.6. The molecule has 0 saturated carbocycles. The van der Waals surface area contributed by atoms with Crippen LogP contribution in [0.3, 0.4) is 0 Å². The second kappa shape index (κ2) is 7.22. The van der Waals surface area contributed by atoms with Crippen molar-refractivity contribution >= 4 is 11.7 Å². The molecule has 1 saturated heterocycles. The van der Waals surface area contributed by atoms with Crippen molar-refractivity contribution in [2.24, 2.45) is 11.1 Å². The molecule has 0 aliphatic carbocycles. The molecule has 8 heteroatoms. The monoisotopic (exact) mass is 328 g/mol. The van der Waals surface area contributed by atoms with Gasteiger partial charge in [-0.05, 0) is 31.9 Å². The highest BCUT2D eigenvalue weighted by Crippen LogP contribution is 2.16. The average molecular weight is 328 g/mol. The first-order valence-electron chi connectivity index (χ1n) is 7.91. The Kier molecular flexibility index (Phi) is 4.85. The summed E-state index contributed by atoms with van der Waals surface area (Å²) in [5.41, 5.74) is 0.972. The van der Waals surface area contributed by atoms with Crippen LogP contribution in [0, 0.1) is 5.92 Å². The van der Waals surface area contributed by atoms with Gasteiger partial charge in [0.05, 0.1) is 23.6 Å². The van der Waals surface area contributed by atoms with Gasteiger partial charge in [-0.2, -0.15) is 15.0 Å². The van der Waals surface area contributed by atoms with Gasteiger partial charge in [0.2, 0.25) is 0 Å². The maximum absolute atomic E-state index is 12.6. The fourth-order valence-corrected chi connectivity index (χ4v) is 2.80. The summed E-state index contributed by atoms with van der Waals surface area (Å²) in [6, 6.07) is 7.45. The van der Waals surface area contributed by atoms with Crippen LogP contribution in [0.5, 0.6) is 0 Å². The smallest absolute Gasteiger partial charge is 0.258 e. The van der Waals surface area contributed by atoms with Crippen molar-refractivity contribution in [2.45, 2.75) is 25.8 Å². The molecule has 1 aliphatic rings. The molecule has 2 aromatic rings. The fraction of sp³-hybridized carbons (Fsp3) is 0.375. The van der Waals surface area contributed by atoms with Crippen LogP contribution >= 0.6 is 0 Å². The Balaban J connectivity index is 1.77. The Morgan fingerprint density at radius 3 is 2.75 bits per heavy atom. The number of oxime groups is 1. The van der Waals surface area contributed by atoms with Gasteiger partial charge in [0.15, 0.2) is 5.84 Å². The summed E-state index contributed by atoms with van der Waals surface area (Å²) < 4.78 is 0. The Labute approximate surface area is 139 Å². The molecule has 1 fully saturated rings. The number of carbonyl (C=O) groups excluding carboxylic acids is 1. The number of para-hydroxylation sites is 1. The lowest BCUT2D eigenvalue weighted by atomic mass is 9.94. The van der Waals surface area contributed by atoms with Gasteiger partial charge < -0.3 is 15.8 Å². The number of hydrogen-bond donors (Lipinski definition) is 3. The molecule has 126 valence electrons. The lowest BCUT2D eigenvalue weighted by molar-refractivity contribution is 0.0972. The van der Waals surface area contributed by atoms with E-state index in [0.29, 0.717) is 23.8 Å². The van der Waals surface area contributed by atoms with Crippen molar-refractivity contribution in [3.8, 4) is 5.69 Å². The highest BCUT2D eigenvalue weighted by atomic mass is 16.4. The highest BCUT2D eigenvalue weighted by molar-refractivity contribution is 6.08. The van der Waals surface area contributed by atoms with Crippen LogP contribution in [0.2, 0.25) is 0 Å². The van der Waals surface area contributed by atoms with Gasteiger partial charge in [-0.25, -0.2) is 0 Å². The van der Waals surface area contributed by atoms with Gasteiger partial charge in [0, 0.05) is 18.5 Å². The van der Waals surface area contributed by atoms with Crippen LogP contribution in [0.15, 0.2) is 41.8 Å². The van der Waals surface area contributed by atoms with E-state index >= 15 is 0 Å². The number of hydrogen-bond acceptors (Lipinski definition) is 6. The molecule has 2 heterocycles. The number of nitrogens with one attached hydrogen (secondary N) is 2. The van der Waals surface area contributed by atoms with Gasteiger partial charge in [-0.15, -0.1) is 0 Å². The van der Waals surface area contributed by atoms with Crippen LogP contribution in [0.25, 0.3) is 5.69 Å². The van der Waals surface area contributed by atoms with Crippen molar-refractivity contribution < 1.29 is 10.0 Å². The van der Waals surface area contributed by atoms with E-state index in [1.54, 1.807) is 30.6 Å². The number of amidine groups is 1. The molecular weight excluding hydrogens is 308 g/mol. The summed E-state index contributed by atoms with van der Waals surface area (Å²) in [7, 11) is 0. The zero-order valence-electron chi connectivity index (χ0n) is 13.4. The third-order valence-electron chi connectivity index (χ3n) is 4.18. The summed E-state index contributed by atoms with van der Waals surface area (Å²) in [5, 5.41) is 26.8. The van der Waals surface area contributed by atoms with E-state index < -0.39 is 0 Å². The van der Waals surface area contributed by atoms with Gasteiger partial charge in [-0.1, -0.05) is 17.3 Å². The largest absolute Gasteiger partial charge is 0.409 e. The highest BCUT2D eigenvalue weighted by Gasteiger charge is 2.25. The average Bonchev–Trinajstić information content (AvgIpc) is 3.15. The number of nitrogens with zero attached hydrogens (tertiary/aromatic N) is 4. The Hall–Kier alpha value is -2.74. The first kappa shape index (κ1) is 16.1. The third-order valence-corrected chi connectivity index (χ3v) is 4.18. The number of amides is 1. The second-order valence-corrected chi connectivity index (χ2v) is 5.86. The molecule has 1 aliphatic heterocycles. The third kappa shape index (κ3) is 3.43. The van der Waals surface area contributed by atoms with Crippen LogP contribution in [-0.4, -0.2) is 44.5 Å². The molecule has 24 heavy (non-hydrogen) atoms. The molecule has 0 radical (unpaired) electrons.